The second-order valence-electron chi connectivity index (χ2n) is 7.57. The predicted octanol–water partition coefficient (Wildman–Crippen LogP) is 2.29. The molecule has 2 aromatic carbocycles. The van der Waals surface area contributed by atoms with Crippen LogP contribution in [0.3, 0.4) is 0 Å². The molecule has 0 spiro atoms. The number of benzene rings is 2. The zero-order valence-corrected chi connectivity index (χ0v) is 16.4. The molecule has 7 heteroatoms. The van der Waals surface area contributed by atoms with Crippen molar-refractivity contribution >= 4 is 17.5 Å². The molecule has 0 saturated heterocycles. The fourth-order valence-corrected chi connectivity index (χ4v) is 3.25. The van der Waals surface area contributed by atoms with E-state index >= 15 is 0 Å². The minimum absolute atomic E-state index is 0.101. The molecule has 1 heterocycles. The van der Waals surface area contributed by atoms with E-state index in [0.29, 0.717) is 30.4 Å². The van der Waals surface area contributed by atoms with Gasteiger partial charge in [-0.05, 0) is 50.2 Å². The third-order valence-corrected chi connectivity index (χ3v) is 4.82. The van der Waals surface area contributed by atoms with Crippen molar-refractivity contribution in [3.63, 3.8) is 0 Å². The summed E-state index contributed by atoms with van der Waals surface area (Å²) in [5, 5.41) is 5.81. The first kappa shape index (κ1) is 19.3. The number of carbonyl (C=O) groups excluding carboxylic acids is 2. The Kier molecular flexibility index (Phi) is 5.67. The molecule has 2 aromatic rings. The van der Waals surface area contributed by atoms with Crippen LogP contribution in [-0.4, -0.2) is 55.6 Å². The number of carbonyl (C=O) groups is 2. The summed E-state index contributed by atoms with van der Waals surface area (Å²) in [7, 11) is 1.86. The molecule has 2 N–H and O–H groups in total. The molecular weight excluding hydrogens is 370 g/mol. The van der Waals surface area contributed by atoms with Crippen LogP contribution >= 0.6 is 0 Å². The normalized spacial score (nSPS) is 17.7. The molecule has 2 amide bonds. The maximum atomic E-state index is 12.4. The highest BCUT2D eigenvalue weighted by atomic mass is 16.6. The monoisotopic (exact) mass is 395 g/mol. The van der Waals surface area contributed by atoms with E-state index in [9.17, 15) is 9.59 Å². The van der Waals surface area contributed by atoms with E-state index in [2.05, 4.69) is 10.6 Å². The average molecular weight is 395 g/mol. The fourth-order valence-electron chi connectivity index (χ4n) is 3.25. The highest BCUT2D eigenvalue weighted by Gasteiger charge is 2.24. The van der Waals surface area contributed by atoms with Gasteiger partial charge in [-0.2, -0.15) is 0 Å². The van der Waals surface area contributed by atoms with Crippen molar-refractivity contribution in [2.24, 2.45) is 0 Å². The van der Waals surface area contributed by atoms with Gasteiger partial charge in [0.1, 0.15) is 12.7 Å². The molecule has 1 fully saturated rings. The average Bonchev–Trinajstić information content (AvgIpc) is 3.52. The van der Waals surface area contributed by atoms with Crippen molar-refractivity contribution in [1.29, 1.82) is 0 Å². The SMILES string of the molecule is CN(CC(=O)Nc1cccc(C(=O)NC2CC2)c1)C[C@H]1COc2ccccc2O1. The number of amides is 2. The Morgan fingerprint density at radius 3 is 2.69 bits per heavy atom. The first-order chi connectivity index (χ1) is 14.1. The van der Waals surface area contributed by atoms with Gasteiger partial charge in [-0.15, -0.1) is 0 Å². The number of likely N-dealkylation sites (N-methyl/N-ethyl adjacent to an activating group) is 1. The molecule has 0 radical (unpaired) electrons. The molecule has 152 valence electrons. The highest BCUT2D eigenvalue weighted by Crippen LogP contribution is 2.30. The van der Waals surface area contributed by atoms with Crippen molar-refractivity contribution < 1.29 is 19.1 Å². The number of nitrogens with one attached hydrogen (secondary N) is 2. The zero-order chi connectivity index (χ0) is 20.2. The van der Waals surface area contributed by atoms with Gasteiger partial charge >= 0.3 is 0 Å². The molecule has 1 aliphatic heterocycles. The van der Waals surface area contributed by atoms with Crippen molar-refractivity contribution in [3.8, 4) is 11.5 Å². The number of anilines is 1. The Morgan fingerprint density at radius 1 is 1.10 bits per heavy atom. The van der Waals surface area contributed by atoms with Crippen molar-refractivity contribution in [2.45, 2.75) is 25.0 Å². The van der Waals surface area contributed by atoms with Crippen LogP contribution in [0.4, 0.5) is 5.69 Å². The molecule has 2 aliphatic rings. The number of rotatable bonds is 7. The van der Waals surface area contributed by atoms with Crippen LogP contribution in [0.25, 0.3) is 0 Å². The van der Waals surface area contributed by atoms with Gasteiger partial charge in [0.15, 0.2) is 11.5 Å². The summed E-state index contributed by atoms with van der Waals surface area (Å²) in [6, 6.07) is 14.9. The topological polar surface area (TPSA) is 79.9 Å². The molecule has 7 nitrogen and oxygen atoms in total. The largest absolute Gasteiger partial charge is 0.486 e. The Balaban J connectivity index is 1.26. The van der Waals surface area contributed by atoms with Gasteiger partial charge in [-0.1, -0.05) is 18.2 Å². The van der Waals surface area contributed by atoms with Crippen LogP contribution in [0.15, 0.2) is 48.5 Å². The molecule has 0 bridgehead atoms. The summed E-state index contributed by atoms with van der Waals surface area (Å²) in [4.78, 5) is 26.5. The molecule has 1 atom stereocenters. The number of para-hydroxylation sites is 2. The van der Waals surface area contributed by atoms with Crippen LogP contribution in [0.2, 0.25) is 0 Å². The van der Waals surface area contributed by atoms with Gasteiger partial charge in [-0.25, -0.2) is 0 Å². The molecule has 1 aliphatic carbocycles. The second kappa shape index (κ2) is 8.53. The number of hydrogen-bond acceptors (Lipinski definition) is 5. The minimum Gasteiger partial charge on any atom is -0.486 e. The second-order valence-corrected chi connectivity index (χ2v) is 7.57. The minimum atomic E-state index is -0.149. The van der Waals surface area contributed by atoms with E-state index < -0.39 is 0 Å². The van der Waals surface area contributed by atoms with Crippen molar-refractivity contribution in [2.75, 3.05) is 32.1 Å². The fraction of sp³-hybridized carbons (Fsp3) is 0.364. The molecule has 1 saturated carbocycles. The van der Waals surface area contributed by atoms with E-state index in [1.54, 1.807) is 24.3 Å². The lowest BCUT2D eigenvalue weighted by molar-refractivity contribution is -0.117. The lowest BCUT2D eigenvalue weighted by Crippen LogP contribution is -2.42. The first-order valence-corrected chi connectivity index (χ1v) is 9.84. The summed E-state index contributed by atoms with van der Waals surface area (Å²) >= 11 is 0. The third kappa shape index (κ3) is 5.26. The summed E-state index contributed by atoms with van der Waals surface area (Å²) in [5.74, 6) is 1.22. The Hall–Kier alpha value is -3.06. The van der Waals surface area contributed by atoms with Gasteiger partial charge in [-0.3, -0.25) is 14.5 Å². The summed E-state index contributed by atoms with van der Waals surface area (Å²) < 4.78 is 11.7. The van der Waals surface area contributed by atoms with E-state index in [0.717, 1.165) is 24.3 Å². The first-order valence-electron chi connectivity index (χ1n) is 9.84. The van der Waals surface area contributed by atoms with Crippen LogP contribution in [0.5, 0.6) is 11.5 Å². The summed E-state index contributed by atoms with van der Waals surface area (Å²) in [5.41, 5.74) is 1.16. The van der Waals surface area contributed by atoms with Crippen LogP contribution in [-0.2, 0) is 4.79 Å². The standard InChI is InChI=1S/C22H25N3O4/c1-25(12-18-14-28-19-7-2-3-8-20(19)29-18)13-21(26)23-17-6-4-5-15(11-17)22(27)24-16-9-10-16/h2-8,11,16,18H,9-10,12-14H2,1H3,(H,23,26)(H,24,27)/t18-/m0/s1. The molecule has 0 aromatic heterocycles. The number of fused-ring (bicyclic) bond motifs is 1. The van der Waals surface area contributed by atoms with E-state index in [4.69, 9.17) is 9.47 Å². The number of hydrogen-bond donors (Lipinski definition) is 2. The predicted molar refractivity (Wildman–Crippen MR) is 109 cm³/mol. The van der Waals surface area contributed by atoms with Crippen LogP contribution in [0.1, 0.15) is 23.2 Å². The maximum absolute atomic E-state index is 12.4. The van der Waals surface area contributed by atoms with Crippen LogP contribution in [0, 0.1) is 0 Å². The summed E-state index contributed by atoms with van der Waals surface area (Å²) in [6.07, 6.45) is 1.93. The Labute approximate surface area is 170 Å². The van der Waals surface area contributed by atoms with Gasteiger partial charge in [0.25, 0.3) is 5.91 Å². The van der Waals surface area contributed by atoms with Gasteiger partial charge in [0.2, 0.25) is 5.91 Å². The summed E-state index contributed by atoms with van der Waals surface area (Å²) in [6.45, 7) is 1.21. The Morgan fingerprint density at radius 2 is 1.90 bits per heavy atom. The van der Waals surface area contributed by atoms with E-state index in [1.165, 1.54) is 0 Å². The van der Waals surface area contributed by atoms with E-state index in [1.807, 2.05) is 36.2 Å². The molecule has 0 unspecified atom stereocenters. The number of nitrogens with zero attached hydrogens (tertiary/aromatic N) is 1. The molecular formula is C22H25N3O4. The van der Waals surface area contributed by atoms with E-state index in [-0.39, 0.29) is 24.5 Å². The lowest BCUT2D eigenvalue weighted by atomic mass is 10.2. The zero-order valence-electron chi connectivity index (χ0n) is 16.4. The third-order valence-electron chi connectivity index (χ3n) is 4.82. The van der Waals surface area contributed by atoms with Crippen molar-refractivity contribution in [1.82, 2.24) is 10.2 Å². The van der Waals surface area contributed by atoms with Gasteiger partial charge in [0, 0.05) is 23.8 Å². The quantitative estimate of drug-likeness (QED) is 0.752. The number of ether oxygens (including phenoxy) is 2. The van der Waals surface area contributed by atoms with Crippen LogP contribution < -0.4 is 20.1 Å². The highest BCUT2D eigenvalue weighted by molar-refractivity contribution is 5.97. The maximum Gasteiger partial charge on any atom is 0.251 e. The lowest BCUT2D eigenvalue weighted by Gasteiger charge is -2.29. The van der Waals surface area contributed by atoms with Crippen molar-refractivity contribution in [3.05, 3.63) is 54.1 Å². The molecule has 29 heavy (non-hydrogen) atoms. The van der Waals surface area contributed by atoms with Gasteiger partial charge < -0.3 is 20.1 Å². The molecule has 4 rings (SSSR count). The smallest absolute Gasteiger partial charge is 0.251 e. The van der Waals surface area contributed by atoms with Gasteiger partial charge in [0.05, 0.1) is 6.54 Å². The Bertz CT molecular complexity index is 897.